The molecule has 1 saturated carbocycles. The van der Waals surface area contributed by atoms with Gasteiger partial charge in [0.1, 0.15) is 0 Å². The van der Waals surface area contributed by atoms with Gasteiger partial charge in [-0.25, -0.2) is 0 Å². The quantitative estimate of drug-likeness (QED) is 0.369. The van der Waals surface area contributed by atoms with E-state index in [1.807, 2.05) is 0 Å². The van der Waals surface area contributed by atoms with Gasteiger partial charge in [0, 0.05) is 19.5 Å². The first-order valence-electron chi connectivity index (χ1n) is 9.08. The van der Waals surface area contributed by atoms with Crippen LogP contribution in [0.3, 0.4) is 0 Å². The van der Waals surface area contributed by atoms with Crippen LogP contribution in [0, 0.1) is 17.8 Å². The fraction of sp³-hybridized carbons (Fsp3) is 0.765. The van der Waals surface area contributed by atoms with Crippen LogP contribution in [-0.2, 0) is 14.4 Å². The maximum Gasteiger partial charge on any atom is 0.240 e. The number of imide groups is 1. The SMILES string of the molecule is CC(C)CCNC(=S)NNC(=O)CCN1C(=O)[C@@H]2CCCC[C@H]2C1=O. The number of nitrogens with zero attached hydrogens (tertiary/aromatic N) is 1. The Morgan fingerprint density at radius 2 is 1.76 bits per heavy atom. The molecule has 0 aromatic heterocycles. The van der Waals surface area contributed by atoms with Gasteiger partial charge in [-0.2, -0.15) is 0 Å². The van der Waals surface area contributed by atoms with Gasteiger partial charge in [-0.1, -0.05) is 26.7 Å². The summed E-state index contributed by atoms with van der Waals surface area (Å²) in [6, 6.07) is 0. The second-order valence-corrected chi connectivity index (χ2v) is 7.60. The highest BCUT2D eigenvalue weighted by Crippen LogP contribution is 2.37. The Morgan fingerprint density at radius 3 is 2.32 bits per heavy atom. The first kappa shape index (κ1) is 19.6. The van der Waals surface area contributed by atoms with Crippen molar-refractivity contribution in [2.24, 2.45) is 17.8 Å². The molecule has 2 rings (SSSR count). The van der Waals surface area contributed by atoms with Gasteiger partial charge in [-0.05, 0) is 37.4 Å². The molecule has 25 heavy (non-hydrogen) atoms. The van der Waals surface area contributed by atoms with E-state index in [0.29, 0.717) is 11.0 Å². The molecule has 1 aliphatic carbocycles. The minimum Gasteiger partial charge on any atom is -0.361 e. The molecule has 2 fully saturated rings. The third kappa shape index (κ3) is 5.39. The van der Waals surface area contributed by atoms with Crippen LogP contribution >= 0.6 is 12.2 Å². The van der Waals surface area contributed by atoms with Crippen LogP contribution in [0.25, 0.3) is 0 Å². The Morgan fingerprint density at radius 1 is 1.16 bits per heavy atom. The highest BCUT2D eigenvalue weighted by atomic mass is 32.1. The number of hydrogen-bond acceptors (Lipinski definition) is 4. The van der Waals surface area contributed by atoms with Crippen LogP contribution in [-0.4, -0.2) is 40.8 Å². The molecular weight excluding hydrogens is 340 g/mol. The fourth-order valence-corrected chi connectivity index (χ4v) is 3.53. The lowest BCUT2D eigenvalue weighted by atomic mass is 9.81. The molecule has 8 heteroatoms. The van der Waals surface area contributed by atoms with E-state index in [0.717, 1.165) is 38.6 Å². The van der Waals surface area contributed by atoms with E-state index in [9.17, 15) is 14.4 Å². The predicted molar refractivity (Wildman–Crippen MR) is 98.1 cm³/mol. The summed E-state index contributed by atoms with van der Waals surface area (Å²) < 4.78 is 0. The summed E-state index contributed by atoms with van der Waals surface area (Å²) in [4.78, 5) is 37.8. The third-order valence-electron chi connectivity index (χ3n) is 4.82. The number of carbonyl (C=O) groups is 3. The number of carbonyl (C=O) groups excluding carboxylic acids is 3. The smallest absolute Gasteiger partial charge is 0.240 e. The van der Waals surface area contributed by atoms with Gasteiger partial charge in [0.15, 0.2) is 5.11 Å². The van der Waals surface area contributed by atoms with E-state index in [4.69, 9.17) is 12.2 Å². The second kappa shape index (κ2) is 9.12. The minimum atomic E-state index is -0.302. The number of hydrazine groups is 1. The first-order chi connectivity index (χ1) is 11.9. The van der Waals surface area contributed by atoms with Crippen LogP contribution in [0.2, 0.25) is 0 Å². The molecule has 2 aliphatic rings. The van der Waals surface area contributed by atoms with E-state index < -0.39 is 0 Å². The van der Waals surface area contributed by atoms with Gasteiger partial charge in [-0.3, -0.25) is 30.1 Å². The van der Waals surface area contributed by atoms with Crippen LogP contribution in [0.5, 0.6) is 0 Å². The molecule has 0 spiro atoms. The summed E-state index contributed by atoms with van der Waals surface area (Å²) in [6.07, 6.45) is 4.63. The number of rotatable bonds is 6. The normalized spacial score (nSPS) is 22.8. The Labute approximate surface area is 154 Å². The summed E-state index contributed by atoms with van der Waals surface area (Å²) in [6.45, 7) is 5.11. The number of amides is 3. The molecule has 1 aliphatic heterocycles. The molecule has 0 unspecified atom stereocenters. The van der Waals surface area contributed by atoms with E-state index >= 15 is 0 Å². The monoisotopic (exact) mass is 368 g/mol. The molecule has 2 atom stereocenters. The van der Waals surface area contributed by atoms with Gasteiger partial charge in [0.05, 0.1) is 11.8 Å². The second-order valence-electron chi connectivity index (χ2n) is 7.19. The summed E-state index contributed by atoms with van der Waals surface area (Å²) >= 11 is 5.07. The van der Waals surface area contributed by atoms with Gasteiger partial charge < -0.3 is 5.32 Å². The van der Waals surface area contributed by atoms with Crippen molar-refractivity contribution >= 4 is 35.1 Å². The number of fused-ring (bicyclic) bond motifs is 1. The van der Waals surface area contributed by atoms with Crippen molar-refractivity contribution in [3.05, 3.63) is 0 Å². The lowest BCUT2D eigenvalue weighted by molar-refractivity contribution is -0.140. The molecule has 1 saturated heterocycles. The van der Waals surface area contributed by atoms with Crippen LogP contribution in [0.15, 0.2) is 0 Å². The van der Waals surface area contributed by atoms with Crippen LogP contribution in [0.1, 0.15) is 52.4 Å². The van der Waals surface area contributed by atoms with Crippen molar-refractivity contribution in [3.63, 3.8) is 0 Å². The Kier molecular flexibility index (Phi) is 7.16. The average molecular weight is 369 g/mol. The molecule has 7 nitrogen and oxygen atoms in total. The molecule has 3 amide bonds. The lowest BCUT2D eigenvalue weighted by Gasteiger charge is -2.19. The highest BCUT2D eigenvalue weighted by Gasteiger charge is 2.47. The number of nitrogens with one attached hydrogen (secondary N) is 3. The molecule has 140 valence electrons. The van der Waals surface area contributed by atoms with E-state index in [-0.39, 0.29) is 42.5 Å². The molecule has 0 aromatic carbocycles. The molecule has 3 N–H and O–H groups in total. The number of hydrogen-bond donors (Lipinski definition) is 3. The third-order valence-corrected chi connectivity index (χ3v) is 5.06. The van der Waals surface area contributed by atoms with Crippen molar-refractivity contribution in [2.75, 3.05) is 13.1 Å². The van der Waals surface area contributed by atoms with Gasteiger partial charge in [0.25, 0.3) is 0 Å². The van der Waals surface area contributed by atoms with Gasteiger partial charge >= 0.3 is 0 Å². The van der Waals surface area contributed by atoms with Crippen LogP contribution in [0.4, 0.5) is 0 Å². The van der Waals surface area contributed by atoms with Gasteiger partial charge in [-0.15, -0.1) is 0 Å². The summed E-state index contributed by atoms with van der Waals surface area (Å²) in [5, 5.41) is 3.36. The zero-order valence-corrected chi connectivity index (χ0v) is 15.8. The van der Waals surface area contributed by atoms with Crippen molar-refractivity contribution in [2.45, 2.75) is 52.4 Å². The lowest BCUT2D eigenvalue weighted by Crippen LogP contribution is -2.47. The zero-order chi connectivity index (χ0) is 18.4. The summed E-state index contributed by atoms with van der Waals surface area (Å²) in [5.74, 6) is -0.282. The largest absolute Gasteiger partial charge is 0.361 e. The Hall–Kier alpha value is -1.70. The van der Waals surface area contributed by atoms with Crippen molar-refractivity contribution in [1.29, 1.82) is 0 Å². The molecule has 0 radical (unpaired) electrons. The highest BCUT2D eigenvalue weighted by molar-refractivity contribution is 7.80. The van der Waals surface area contributed by atoms with Crippen molar-refractivity contribution < 1.29 is 14.4 Å². The van der Waals surface area contributed by atoms with E-state index in [2.05, 4.69) is 30.0 Å². The van der Waals surface area contributed by atoms with Crippen LogP contribution < -0.4 is 16.2 Å². The minimum absolute atomic E-state index is 0.0680. The standard InChI is InChI=1S/C17H28N4O3S/c1-11(2)7-9-18-17(25)20-19-14(22)8-10-21-15(23)12-5-3-4-6-13(12)16(21)24/h11-13H,3-10H2,1-2H3,(H,19,22)(H2,18,20,25)/t12-,13-/m1/s1. The average Bonchev–Trinajstić information content (AvgIpc) is 2.82. The Balaban J connectivity index is 1.68. The number of likely N-dealkylation sites (tertiary alicyclic amines) is 1. The van der Waals surface area contributed by atoms with E-state index in [1.165, 1.54) is 4.90 Å². The van der Waals surface area contributed by atoms with Crippen molar-refractivity contribution in [1.82, 2.24) is 21.1 Å². The first-order valence-corrected chi connectivity index (χ1v) is 9.49. The number of thiocarbonyl (C=S) groups is 1. The summed E-state index contributed by atoms with van der Waals surface area (Å²) in [5.41, 5.74) is 5.13. The van der Waals surface area contributed by atoms with Crippen molar-refractivity contribution in [3.8, 4) is 0 Å². The topological polar surface area (TPSA) is 90.5 Å². The maximum atomic E-state index is 12.3. The molecule has 0 aromatic rings. The summed E-state index contributed by atoms with van der Waals surface area (Å²) in [7, 11) is 0. The van der Waals surface area contributed by atoms with E-state index in [1.54, 1.807) is 0 Å². The molecule has 1 heterocycles. The molecule has 0 bridgehead atoms. The molecular formula is C17H28N4O3S. The fourth-order valence-electron chi connectivity index (χ4n) is 3.37. The Bertz CT molecular complexity index is 514. The maximum absolute atomic E-state index is 12.3. The van der Waals surface area contributed by atoms with Gasteiger partial charge in [0.2, 0.25) is 17.7 Å². The predicted octanol–water partition coefficient (Wildman–Crippen LogP) is 1.09. The zero-order valence-electron chi connectivity index (χ0n) is 15.0.